The Kier molecular flexibility index (Phi) is 24.2. The number of fused-ring (bicyclic) bond motifs is 2. The second kappa shape index (κ2) is 29.8. The van der Waals surface area contributed by atoms with Crippen LogP contribution in [0.15, 0.2) is 85.2 Å². The van der Waals surface area contributed by atoms with Crippen molar-refractivity contribution in [1.29, 1.82) is 0 Å². The number of nitrogen functional groups attached to an aromatic ring is 1. The maximum Gasteiger partial charge on any atom is 0.337 e. The normalized spacial score (nSPS) is 23.6. The van der Waals surface area contributed by atoms with Gasteiger partial charge in [-0.2, -0.15) is 35.4 Å². The predicted octanol–water partition coefficient (Wildman–Crippen LogP) is 12.5. The van der Waals surface area contributed by atoms with E-state index < -0.39 is 5.97 Å². The first kappa shape index (κ1) is 64.1. The van der Waals surface area contributed by atoms with Crippen LogP contribution >= 0.6 is 0 Å². The maximum atomic E-state index is 13.4. The van der Waals surface area contributed by atoms with Crippen molar-refractivity contribution < 1.29 is 99.2 Å². The Balaban J connectivity index is 0.000000212. The molecule has 14 heteroatoms. The van der Waals surface area contributed by atoms with Gasteiger partial charge in [0.1, 0.15) is 5.78 Å². The third-order valence-corrected chi connectivity index (χ3v) is 17.1. The number of nitrogens with zero attached hydrogens (tertiary/aromatic N) is 3. The molecule has 4 fully saturated rings. The third-order valence-electron chi connectivity index (χ3n) is 17.1. The van der Waals surface area contributed by atoms with Crippen LogP contribution in [0.3, 0.4) is 0 Å². The largest absolute Gasteiger partial charge is 0.478 e. The summed E-state index contributed by atoms with van der Waals surface area (Å²) in [5.41, 5.74) is 14.0. The van der Waals surface area contributed by atoms with E-state index in [9.17, 15) is 19.2 Å². The van der Waals surface area contributed by atoms with Crippen molar-refractivity contribution in [1.82, 2.24) is 14.0 Å². The number of carbonyl (C=O) groups is 4. The number of carboxylic acids is 1. The van der Waals surface area contributed by atoms with Crippen molar-refractivity contribution in [2.24, 2.45) is 49.6 Å². The molecule has 4 N–H and O–H groups in total. The van der Waals surface area contributed by atoms with Crippen LogP contribution in [0.5, 0.6) is 0 Å². The summed E-state index contributed by atoms with van der Waals surface area (Å²) < 4.78 is 16.3. The number of hydrogen-bond acceptors (Lipinski definition) is 7. The second-order valence-electron chi connectivity index (χ2n) is 23.5. The quantitative estimate of drug-likeness (QED) is 0.0718. The number of rotatable bonds is 14. The number of likely N-dealkylation sites (tertiary alicyclic amines) is 1. The molecule has 3 heterocycles. The molecule has 0 bridgehead atoms. The van der Waals surface area contributed by atoms with Gasteiger partial charge in [-0.25, -0.2) is 4.79 Å². The number of nitrogens with one attached hydrogen (secondary N) is 1. The first-order chi connectivity index (χ1) is 36.9. The molecule has 4 aromatic carbocycles. The van der Waals surface area contributed by atoms with Gasteiger partial charge in [-0.3, -0.25) is 9.59 Å². The third kappa shape index (κ3) is 17.0. The zero-order valence-electron chi connectivity index (χ0n) is 48.1. The van der Waals surface area contributed by atoms with Gasteiger partial charge < -0.3 is 44.5 Å². The molecule has 12 nitrogen and oxygen atoms in total. The number of carboxylic acid groups (broad SMARTS) is 1. The van der Waals surface area contributed by atoms with E-state index in [1.807, 2.05) is 121 Å². The molecule has 5 atom stereocenters. The fourth-order valence-corrected chi connectivity index (χ4v) is 12.4. The van der Waals surface area contributed by atoms with Gasteiger partial charge in [-0.15, -0.1) is 23.3 Å². The summed E-state index contributed by atoms with van der Waals surface area (Å²) >= 11 is 0. The Bertz CT molecular complexity index is 3010. The SMILES string of the molecule is Cc1cc(N)[c-]cc1CC(=O)C1C[C@@H](C)C[C@H]1COC1CCC(C)CC1.Cc1cc(NC(=O)c2cn(C)c3ccccc23)[c-]cc1CC(=O)N1C[C@@H](C)C[C@H]1COC1CCC(C)CC1.Cn1cc(C(=O)O)c2ccccc21.[Y].[Y]. The Labute approximate surface area is 519 Å². The topological polar surface area (TPSA) is 158 Å². The van der Waals surface area contributed by atoms with Crippen molar-refractivity contribution in [2.75, 3.05) is 30.8 Å². The maximum absolute atomic E-state index is 13.4. The van der Waals surface area contributed by atoms with Crippen LogP contribution in [0.25, 0.3) is 21.8 Å². The molecule has 1 aliphatic heterocycles. The molecule has 2 aromatic heterocycles. The number of hydrogen-bond donors (Lipinski definition) is 3. The average molecular weight is 1220 g/mol. The Morgan fingerprint density at radius 1 is 0.658 bits per heavy atom. The number of carbonyl (C=O) groups excluding carboxylic acids is 3. The summed E-state index contributed by atoms with van der Waals surface area (Å²) in [6.45, 7) is 15.3. The molecule has 1 unspecified atom stereocenters. The van der Waals surface area contributed by atoms with E-state index in [1.54, 1.807) is 6.20 Å². The number of benzene rings is 4. The van der Waals surface area contributed by atoms with Crippen LogP contribution in [0.2, 0.25) is 0 Å². The Morgan fingerprint density at radius 2 is 1.19 bits per heavy atom. The number of ether oxygens (including phenoxy) is 2. The van der Waals surface area contributed by atoms with Crippen molar-refractivity contribution in [3.8, 4) is 0 Å². The van der Waals surface area contributed by atoms with Crippen LogP contribution < -0.4 is 11.1 Å². The number of Topliss-reactive ketones (excluding diaryl/α,β-unsaturated/α-hetero) is 1. The van der Waals surface area contributed by atoms with Gasteiger partial charge in [0.05, 0.1) is 42.6 Å². The van der Waals surface area contributed by atoms with E-state index in [-0.39, 0.29) is 89.2 Å². The summed E-state index contributed by atoms with van der Waals surface area (Å²) in [7, 11) is 3.78. The molecule has 2 amide bonds. The van der Waals surface area contributed by atoms with E-state index in [4.69, 9.17) is 20.3 Å². The zero-order chi connectivity index (χ0) is 54.9. The number of aromatic nitrogens is 2. The van der Waals surface area contributed by atoms with Crippen molar-refractivity contribution in [3.05, 3.63) is 131 Å². The summed E-state index contributed by atoms with van der Waals surface area (Å²) in [5, 5.41) is 13.6. The van der Waals surface area contributed by atoms with Gasteiger partial charge in [0.2, 0.25) is 5.91 Å². The molecular formula is C65H83N5O7Y2-2. The number of aromatic carboxylic acids is 1. The number of anilines is 2. The summed E-state index contributed by atoms with van der Waals surface area (Å²) in [4.78, 5) is 52.3. The number of aryl methyl sites for hydroxylation is 4. The van der Waals surface area contributed by atoms with Gasteiger partial charge in [0.25, 0.3) is 5.91 Å². The standard InChI is InChI=1S/C32H40N3O3.C23H34NO2.C10H9NO2.2Y/c1-21-9-13-27(14-10-21)38-20-26-15-22(2)18-35(26)31(36)17-24-11-12-25(16-23(24)3)33-32(37)29-19-34(4)30-8-6-5-7-28(29)30;1-15-4-8-21(9-5-15)26-14-19-10-16(2)11-22(19)23(25)13-18-6-7-20(24)12-17(18)3;1-11-6-8(10(12)13)7-4-2-3-5-9(7)11;;/h5-8,11,16,19,21-22,26-27H,9-10,13-15,17-18,20H2,1-4H3,(H,33,37);6,12,15-16,19,21-22H,4-5,8-11,13-14,24H2,1-3H3;2-6H,1H3,(H,12,13);;/q2*-1;;;/t21?,22-,26-,27?;15?,16-,19-,21?,22?;;;/m00.../s1. The molecule has 3 aliphatic carbocycles. The monoisotopic (exact) mass is 1220 g/mol. The van der Waals surface area contributed by atoms with E-state index >= 15 is 0 Å². The fourth-order valence-electron chi connectivity index (χ4n) is 12.4. The van der Waals surface area contributed by atoms with Crippen molar-refractivity contribution in [3.63, 3.8) is 0 Å². The molecule has 6 aromatic rings. The Morgan fingerprint density at radius 3 is 1.77 bits per heavy atom. The molecule has 418 valence electrons. The molecule has 10 rings (SSSR count). The average Bonchev–Trinajstić information content (AvgIpc) is 4.21. The van der Waals surface area contributed by atoms with Gasteiger partial charge in [-0.05, 0) is 119 Å². The number of para-hydroxylation sites is 2. The predicted molar refractivity (Wildman–Crippen MR) is 307 cm³/mol. The fraction of sp³-hybridized carbons (Fsp3) is 0.508. The Hall–Kier alpha value is -4.03. The van der Waals surface area contributed by atoms with Crippen LogP contribution in [0.4, 0.5) is 11.4 Å². The smallest absolute Gasteiger partial charge is 0.337 e. The molecule has 79 heavy (non-hydrogen) atoms. The number of ketones is 1. The molecule has 2 radical (unpaired) electrons. The second-order valence-corrected chi connectivity index (χ2v) is 23.5. The first-order valence-electron chi connectivity index (χ1n) is 28.4. The molecule has 1 saturated heterocycles. The van der Waals surface area contributed by atoms with Gasteiger partial charge in [0.15, 0.2) is 0 Å². The molecule has 4 aliphatic rings. The molecular weight excluding hydrogens is 1140 g/mol. The van der Waals surface area contributed by atoms with Crippen LogP contribution in [-0.2, 0) is 111 Å². The van der Waals surface area contributed by atoms with E-state index in [1.165, 1.54) is 38.5 Å². The molecule has 0 spiro atoms. The van der Waals surface area contributed by atoms with Crippen molar-refractivity contribution >= 4 is 56.7 Å². The van der Waals surface area contributed by atoms with Gasteiger partial charge >= 0.3 is 5.97 Å². The van der Waals surface area contributed by atoms with Gasteiger partial charge in [-0.1, -0.05) is 89.3 Å². The summed E-state index contributed by atoms with van der Waals surface area (Å²) in [6.07, 6.45) is 17.9. The number of amides is 2. The minimum absolute atomic E-state index is 0. The van der Waals surface area contributed by atoms with Crippen LogP contribution in [0, 0.1) is 61.5 Å². The minimum Gasteiger partial charge on any atom is -0.478 e. The van der Waals surface area contributed by atoms with Gasteiger partial charge in [0, 0.05) is 133 Å². The van der Waals surface area contributed by atoms with E-state index in [2.05, 4.69) is 45.1 Å². The van der Waals surface area contributed by atoms with E-state index in [0.717, 1.165) is 101 Å². The minimum atomic E-state index is -0.878. The van der Waals surface area contributed by atoms with E-state index in [0.29, 0.717) is 77.7 Å². The first-order valence-corrected chi connectivity index (χ1v) is 28.4. The zero-order valence-corrected chi connectivity index (χ0v) is 53.7. The molecule has 3 saturated carbocycles. The van der Waals surface area contributed by atoms with Crippen molar-refractivity contribution in [2.45, 2.75) is 143 Å². The number of nitrogens with two attached hydrogens (primary N) is 1. The van der Waals surface area contributed by atoms with Crippen LogP contribution in [0.1, 0.15) is 141 Å². The van der Waals surface area contributed by atoms with Crippen LogP contribution in [-0.4, -0.2) is 80.7 Å². The summed E-state index contributed by atoms with van der Waals surface area (Å²) in [5.74, 6) is 2.74. The summed E-state index contributed by atoms with van der Waals surface area (Å²) in [6, 6.07) is 29.2.